The van der Waals surface area contributed by atoms with Gasteiger partial charge in [-0.3, -0.25) is 0 Å². The summed E-state index contributed by atoms with van der Waals surface area (Å²) in [6, 6.07) is 14.8. The average molecular weight is 471 g/mol. The molecule has 0 aliphatic carbocycles. The van der Waals surface area contributed by atoms with Crippen molar-refractivity contribution in [1.29, 1.82) is 0 Å². The van der Waals surface area contributed by atoms with Crippen LogP contribution in [0.2, 0.25) is 0 Å². The highest BCUT2D eigenvalue weighted by atomic mass is 127. The first kappa shape index (κ1) is 22.2. The molecule has 0 radical (unpaired) electrons. The van der Waals surface area contributed by atoms with E-state index in [9.17, 15) is 9.50 Å². The molecule has 4 nitrogen and oxygen atoms in total. The van der Waals surface area contributed by atoms with Gasteiger partial charge in [0.05, 0.1) is 6.54 Å². The van der Waals surface area contributed by atoms with E-state index in [1.807, 2.05) is 25.1 Å². The molecule has 0 aromatic heterocycles. The minimum absolute atomic E-state index is 0. The molecule has 0 fully saturated rings. The van der Waals surface area contributed by atoms with E-state index in [0.717, 1.165) is 6.54 Å². The number of rotatable bonds is 6. The lowest BCUT2D eigenvalue weighted by Gasteiger charge is -2.24. The van der Waals surface area contributed by atoms with E-state index in [-0.39, 0.29) is 35.8 Å². The summed E-state index contributed by atoms with van der Waals surface area (Å²) < 4.78 is 13.4. The van der Waals surface area contributed by atoms with Gasteiger partial charge in [-0.25, -0.2) is 9.38 Å². The van der Waals surface area contributed by atoms with Crippen LogP contribution in [0.15, 0.2) is 53.5 Å². The van der Waals surface area contributed by atoms with Crippen LogP contribution < -0.4 is 10.6 Å². The summed E-state index contributed by atoms with van der Waals surface area (Å²) in [5.74, 6) is 0.0298. The van der Waals surface area contributed by atoms with Crippen LogP contribution in [-0.2, 0) is 6.54 Å². The number of aromatic hydroxyl groups is 1. The van der Waals surface area contributed by atoms with Gasteiger partial charge in [-0.2, -0.15) is 0 Å². The van der Waals surface area contributed by atoms with E-state index in [4.69, 9.17) is 0 Å². The van der Waals surface area contributed by atoms with Gasteiger partial charge in [0, 0.05) is 18.5 Å². The van der Waals surface area contributed by atoms with Crippen molar-refractivity contribution >= 4 is 29.9 Å². The largest absolute Gasteiger partial charge is 0.505 e. The van der Waals surface area contributed by atoms with Crippen LogP contribution in [0.3, 0.4) is 0 Å². The van der Waals surface area contributed by atoms with Gasteiger partial charge in [0.2, 0.25) is 0 Å². The summed E-state index contributed by atoms with van der Waals surface area (Å²) in [6.45, 7) is 7.36. The third-order valence-corrected chi connectivity index (χ3v) is 4.22. The first-order chi connectivity index (χ1) is 12.0. The highest BCUT2D eigenvalue weighted by Gasteiger charge is 2.15. The second kappa shape index (κ2) is 11.0. The Morgan fingerprint density at radius 2 is 1.85 bits per heavy atom. The molecule has 26 heavy (non-hydrogen) atoms. The van der Waals surface area contributed by atoms with E-state index in [1.54, 1.807) is 6.07 Å². The van der Waals surface area contributed by atoms with Crippen molar-refractivity contribution in [3.05, 3.63) is 65.5 Å². The molecule has 0 amide bonds. The number of phenols is 1. The summed E-state index contributed by atoms with van der Waals surface area (Å²) in [5, 5.41) is 15.9. The topological polar surface area (TPSA) is 56.7 Å². The van der Waals surface area contributed by atoms with Gasteiger partial charge in [-0.05, 0) is 37.1 Å². The molecule has 2 aromatic rings. The lowest BCUT2D eigenvalue weighted by Crippen LogP contribution is -2.44. The SMILES string of the molecule is CCNC(=NCc1ccc(O)c(F)c1)NC(C)C(C)c1ccccc1.I. The summed E-state index contributed by atoms with van der Waals surface area (Å²) in [5.41, 5.74) is 1.97. The number of halogens is 2. The summed E-state index contributed by atoms with van der Waals surface area (Å²) in [4.78, 5) is 4.52. The molecular formula is C20H27FIN3O. The van der Waals surface area contributed by atoms with Gasteiger partial charge in [-0.15, -0.1) is 24.0 Å². The fourth-order valence-corrected chi connectivity index (χ4v) is 2.53. The first-order valence-electron chi connectivity index (χ1n) is 8.58. The average Bonchev–Trinajstić information content (AvgIpc) is 2.62. The minimum atomic E-state index is -0.628. The van der Waals surface area contributed by atoms with Crippen LogP contribution in [0.5, 0.6) is 5.75 Å². The van der Waals surface area contributed by atoms with Gasteiger partial charge in [0.15, 0.2) is 17.5 Å². The van der Waals surface area contributed by atoms with Crippen LogP contribution in [0.1, 0.15) is 37.8 Å². The fraction of sp³-hybridized carbons (Fsp3) is 0.350. The Balaban J connectivity index is 0.00000338. The quantitative estimate of drug-likeness (QED) is 0.333. The number of hydrogen-bond donors (Lipinski definition) is 3. The second-order valence-corrected chi connectivity index (χ2v) is 6.11. The lowest BCUT2D eigenvalue weighted by molar-refractivity contribution is 0.432. The van der Waals surface area contributed by atoms with Gasteiger partial charge < -0.3 is 15.7 Å². The molecule has 2 rings (SSSR count). The van der Waals surface area contributed by atoms with Crippen LogP contribution >= 0.6 is 24.0 Å². The van der Waals surface area contributed by atoms with Crippen molar-refractivity contribution in [2.45, 2.75) is 39.3 Å². The molecule has 0 saturated heterocycles. The first-order valence-corrected chi connectivity index (χ1v) is 8.58. The van der Waals surface area contributed by atoms with Crippen molar-refractivity contribution in [3.8, 4) is 5.75 Å². The Labute approximate surface area is 172 Å². The Kier molecular flexibility index (Phi) is 9.40. The van der Waals surface area contributed by atoms with Gasteiger partial charge in [0.1, 0.15) is 0 Å². The lowest BCUT2D eigenvalue weighted by atomic mass is 9.94. The Hall–Kier alpha value is -1.83. The highest BCUT2D eigenvalue weighted by Crippen LogP contribution is 2.19. The van der Waals surface area contributed by atoms with E-state index < -0.39 is 5.82 Å². The number of nitrogens with zero attached hydrogens (tertiary/aromatic N) is 1. The molecular weight excluding hydrogens is 444 g/mol. The molecule has 2 atom stereocenters. The summed E-state index contributed by atoms with van der Waals surface area (Å²) >= 11 is 0. The molecule has 2 unspecified atom stereocenters. The zero-order chi connectivity index (χ0) is 18.2. The number of nitrogens with one attached hydrogen (secondary N) is 2. The predicted molar refractivity (Wildman–Crippen MR) is 116 cm³/mol. The monoisotopic (exact) mass is 471 g/mol. The Bertz CT molecular complexity index is 709. The van der Waals surface area contributed by atoms with Crippen molar-refractivity contribution in [3.63, 3.8) is 0 Å². The standard InChI is InChI=1S/C20H26FN3O.HI/c1-4-22-20(23-13-16-10-11-19(25)18(21)12-16)24-15(3)14(2)17-8-6-5-7-9-17;/h5-12,14-15,25H,4,13H2,1-3H3,(H2,22,23,24);1H. The molecule has 142 valence electrons. The molecule has 0 aliphatic heterocycles. The Morgan fingerprint density at radius 1 is 1.15 bits per heavy atom. The zero-order valence-electron chi connectivity index (χ0n) is 15.4. The maximum Gasteiger partial charge on any atom is 0.191 e. The smallest absolute Gasteiger partial charge is 0.191 e. The third kappa shape index (κ3) is 6.48. The van der Waals surface area contributed by atoms with E-state index in [0.29, 0.717) is 24.0 Å². The van der Waals surface area contributed by atoms with E-state index >= 15 is 0 Å². The van der Waals surface area contributed by atoms with Crippen LogP contribution in [0.4, 0.5) is 4.39 Å². The predicted octanol–water partition coefficient (Wildman–Crippen LogP) is 4.40. The number of phenolic OH excluding ortho intramolecular Hbond substituents is 1. The maximum absolute atomic E-state index is 13.4. The van der Waals surface area contributed by atoms with E-state index in [2.05, 4.69) is 41.6 Å². The summed E-state index contributed by atoms with van der Waals surface area (Å²) in [7, 11) is 0. The molecule has 0 spiro atoms. The minimum Gasteiger partial charge on any atom is -0.505 e. The van der Waals surface area contributed by atoms with Crippen molar-refractivity contribution in [2.75, 3.05) is 6.54 Å². The molecule has 2 aromatic carbocycles. The second-order valence-electron chi connectivity index (χ2n) is 6.11. The molecule has 0 aliphatic rings. The van der Waals surface area contributed by atoms with Gasteiger partial charge in [-0.1, -0.05) is 43.3 Å². The van der Waals surface area contributed by atoms with Crippen molar-refractivity contribution < 1.29 is 9.50 Å². The summed E-state index contributed by atoms with van der Waals surface area (Å²) in [6.07, 6.45) is 0. The normalized spacial score (nSPS) is 13.5. The number of benzene rings is 2. The van der Waals surface area contributed by atoms with Crippen LogP contribution in [-0.4, -0.2) is 23.7 Å². The fourth-order valence-electron chi connectivity index (χ4n) is 2.53. The zero-order valence-corrected chi connectivity index (χ0v) is 17.7. The maximum atomic E-state index is 13.4. The van der Waals surface area contributed by atoms with Crippen LogP contribution in [0, 0.1) is 5.82 Å². The molecule has 3 N–H and O–H groups in total. The number of hydrogen-bond acceptors (Lipinski definition) is 2. The molecule has 0 saturated carbocycles. The third-order valence-electron chi connectivity index (χ3n) is 4.22. The van der Waals surface area contributed by atoms with Crippen LogP contribution in [0.25, 0.3) is 0 Å². The molecule has 6 heteroatoms. The van der Waals surface area contributed by atoms with Gasteiger partial charge in [0.25, 0.3) is 0 Å². The van der Waals surface area contributed by atoms with Gasteiger partial charge >= 0.3 is 0 Å². The van der Waals surface area contributed by atoms with E-state index in [1.165, 1.54) is 17.7 Å². The highest BCUT2D eigenvalue weighted by molar-refractivity contribution is 14.0. The molecule has 0 heterocycles. The molecule has 0 bridgehead atoms. The Morgan fingerprint density at radius 3 is 2.46 bits per heavy atom. The number of aliphatic imine (C=N–C) groups is 1. The van der Waals surface area contributed by atoms with Crippen molar-refractivity contribution in [1.82, 2.24) is 10.6 Å². The van der Waals surface area contributed by atoms with Crippen molar-refractivity contribution in [2.24, 2.45) is 4.99 Å². The number of guanidine groups is 1.